The highest BCUT2D eigenvalue weighted by atomic mass is 31.2. The van der Waals surface area contributed by atoms with Crippen LogP contribution in [-0.2, 0) is 4.57 Å². The largest absolute Gasteiger partial charge is 0.466 e. The van der Waals surface area contributed by atoms with Gasteiger partial charge in [0.05, 0.1) is 0 Å². The van der Waals surface area contributed by atoms with E-state index in [0.717, 1.165) is 0 Å². The summed E-state index contributed by atoms with van der Waals surface area (Å²) in [5.74, 6) is 0. The van der Waals surface area contributed by atoms with Gasteiger partial charge >= 0.3 is 7.82 Å². The minimum absolute atomic E-state index is 1.27. The second kappa shape index (κ2) is 7.18. The van der Waals surface area contributed by atoms with E-state index in [1.807, 2.05) is 0 Å². The van der Waals surface area contributed by atoms with Crippen LogP contribution in [0.3, 0.4) is 0 Å². The molecule has 0 bridgehead atoms. The molecule has 0 amide bonds. The standard InChI is InChI=1S/C20H14.H3O4P/c1-3-7-17-13-19(11-9-15(17)5-1)20-12-10-16-6-2-4-8-18(16)14-20;1-5(2,3)4/h1-14H;(H3,1,2,3,4). The summed E-state index contributed by atoms with van der Waals surface area (Å²) in [6.07, 6.45) is 0. The van der Waals surface area contributed by atoms with E-state index in [4.69, 9.17) is 19.2 Å². The zero-order chi connectivity index (χ0) is 17.9. The Morgan fingerprint density at radius 2 is 0.840 bits per heavy atom. The van der Waals surface area contributed by atoms with Gasteiger partial charge < -0.3 is 14.7 Å². The third-order valence-corrected chi connectivity index (χ3v) is 3.83. The van der Waals surface area contributed by atoms with Crippen molar-refractivity contribution in [3.63, 3.8) is 0 Å². The van der Waals surface area contributed by atoms with Crippen molar-refractivity contribution in [2.45, 2.75) is 0 Å². The van der Waals surface area contributed by atoms with Gasteiger partial charge in [-0.2, -0.15) is 0 Å². The quantitative estimate of drug-likeness (QED) is 0.433. The van der Waals surface area contributed by atoms with Crippen molar-refractivity contribution in [3.05, 3.63) is 84.9 Å². The summed E-state index contributed by atoms with van der Waals surface area (Å²) < 4.78 is 8.88. The third-order valence-electron chi connectivity index (χ3n) is 3.83. The summed E-state index contributed by atoms with van der Waals surface area (Å²) >= 11 is 0. The van der Waals surface area contributed by atoms with Crippen LogP contribution in [-0.4, -0.2) is 14.7 Å². The molecule has 25 heavy (non-hydrogen) atoms. The Morgan fingerprint density at radius 3 is 1.20 bits per heavy atom. The van der Waals surface area contributed by atoms with Gasteiger partial charge in [-0.25, -0.2) is 4.57 Å². The minimum Gasteiger partial charge on any atom is -0.303 e. The van der Waals surface area contributed by atoms with Crippen molar-refractivity contribution in [3.8, 4) is 11.1 Å². The summed E-state index contributed by atoms with van der Waals surface area (Å²) in [6, 6.07) is 30.3. The van der Waals surface area contributed by atoms with Gasteiger partial charge in [0.2, 0.25) is 0 Å². The highest BCUT2D eigenvalue weighted by Crippen LogP contribution is 2.27. The second-order valence-corrected chi connectivity index (χ2v) is 6.66. The lowest BCUT2D eigenvalue weighted by molar-refractivity contribution is 0.275. The third kappa shape index (κ3) is 4.75. The number of hydrogen-bond acceptors (Lipinski definition) is 1. The molecule has 0 saturated carbocycles. The summed E-state index contributed by atoms with van der Waals surface area (Å²) in [5.41, 5.74) is 2.55. The molecule has 0 unspecified atom stereocenters. The fourth-order valence-electron chi connectivity index (χ4n) is 2.74. The molecule has 126 valence electrons. The van der Waals surface area contributed by atoms with E-state index in [9.17, 15) is 0 Å². The Balaban J connectivity index is 0.000000324. The van der Waals surface area contributed by atoms with Crippen molar-refractivity contribution >= 4 is 29.4 Å². The molecule has 0 atom stereocenters. The second-order valence-electron chi connectivity index (χ2n) is 5.64. The van der Waals surface area contributed by atoms with Crippen molar-refractivity contribution in [2.75, 3.05) is 0 Å². The average molecular weight is 352 g/mol. The van der Waals surface area contributed by atoms with E-state index in [1.54, 1.807) is 0 Å². The van der Waals surface area contributed by atoms with Crippen molar-refractivity contribution in [1.82, 2.24) is 0 Å². The molecule has 0 aliphatic carbocycles. The smallest absolute Gasteiger partial charge is 0.303 e. The van der Waals surface area contributed by atoms with Crippen LogP contribution in [0.4, 0.5) is 0 Å². The molecule has 3 N–H and O–H groups in total. The predicted octanol–water partition coefficient (Wildman–Crippen LogP) is 4.73. The summed E-state index contributed by atoms with van der Waals surface area (Å²) in [4.78, 5) is 21.6. The molecular formula is C20H17O4P. The lowest BCUT2D eigenvalue weighted by Gasteiger charge is -2.06. The molecule has 0 radical (unpaired) electrons. The van der Waals surface area contributed by atoms with Crippen LogP contribution in [0, 0.1) is 0 Å². The Hall–Kier alpha value is -2.49. The highest BCUT2D eigenvalue weighted by Gasteiger charge is 2.01. The maximum Gasteiger partial charge on any atom is 0.466 e. The maximum absolute atomic E-state index is 8.88. The lowest BCUT2D eigenvalue weighted by atomic mass is 9.99. The first kappa shape index (κ1) is 17.3. The lowest BCUT2D eigenvalue weighted by Crippen LogP contribution is -1.80. The van der Waals surface area contributed by atoms with Gasteiger partial charge in [-0.05, 0) is 44.8 Å². The summed E-state index contributed by atoms with van der Waals surface area (Å²) in [5, 5.41) is 5.16. The molecule has 4 rings (SSSR count). The van der Waals surface area contributed by atoms with Gasteiger partial charge in [-0.3, -0.25) is 0 Å². The maximum atomic E-state index is 8.88. The zero-order valence-corrected chi connectivity index (χ0v) is 14.2. The first-order valence-electron chi connectivity index (χ1n) is 7.66. The minimum atomic E-state index is -4.64. The SMILES string of the molecule is O=P(O)(O)O.c1ccc2cc(-c3ccc4ccccc4c3)ccc2c1. The monoisotopic (exact) mass is 352 g/mol. The van der Waals surface area contributed by atoms with Gasteiger partial charge in [0.1, 0.15) is 0 Å². The van der Waals surface area contributed by atoms with Crippen LogP contribution >= 0.6 is 7.82 Å². The molecule has 5 heteroatoms. The van der Waals surface area contributed by atoms with Crippen molar-refractivity contribution in [2.24, 2.45) is 0 Å². The number of rotatable bonds is 1. The normalized spacial score (nSPS) is 11.2. The number of benzene rings is 4. The molecule has 0 spiro atoms. The van der Waals surface area contributed by atoms with Crippen LogP contribution in [0.15, 0.2) is 84.9 Å². The molecule has 0 heterocycles. The van der Waals surface area contributed by atoms with E-state index in [2.05, 4.69) is 84.9 Å². The van der Waals surface area contributed by atoms with Gasteiger partial charge in [-0.15, -0.1) is 0 Å². The molecule has 0 aliphatic heterocycles. The molecule has 0 saturated heterocycles. The fourth-order valence-corrected chi connectivity index (χ4v) is 2.74. The van der Waals surface area contributed by atoms with Crippen LogP contribution in [0.5, 0.6) is 0 Å². The molecule has 4 aromatic carbocycles. The van der Waals surface area contributed by atoms with E-state index in [-0.39, 0.29) is 0 Å². The topological polar surface area (TPSA) is 77.8 Å². The first-order chi connectivity index (χ1) is 11.9. The van der Waals surface area contributed by atoms with E-state index in [1.165, 1.54) is 32.7 Å². The van der Waals surface area contributed by atoms with Crippen molar-refractivity contribution in [1.29, 1.82) is 0 Å². The first-order valence-corrected chi connectivity index (χ1v) is 9.23. The average Bonchev–Trinajstić information content (AvgIpc) is 2.59. The van der Waals surface area contributed by atoms with Crippen molar-refractivity contribution < 1.29 is 19.2 Å². The number of fused-ring (bicyclic) bond motifs is 2. The molecule has 4 aromatic rings. The van der Waals surface area contributed by atoms with Gasteiger partial charge in [0, 0.05) is 0 Å². The Kier molecular flexibility index (Phi) is 4.98. The summed E-state index contributed by atoms with van der Waals surface area (Å²) in [6.45, 7) is 0. The van der Waals surface area contributed by atoms with Crippen LogP contribution in [0.25, 0.3) is 32.7 Å². The number of phosphoric acid groups is 1. The van der Waals surface area contributed by atoms with Crippen LogP contribution in [0.2, 0.25) is 0 Å². The molecule has 0 fully saturated rings. The van der Waals surface area contributed by atoms with E-state index in [0.29, 0.717) is 0 Å². The van der Waals surface area contributed by atoms with E-state index < -0.39 is 7.82 Å². The van der Waals surface area contributed by atoms with Gasteiger partial charge in [0.25, 0.3) is 0 Å². The number of hydrogen-bond donors (Lipinski definition) is 3. The Labute approximate surface area is 145 Å². The molecular weight excluding hydrogens is 335 g/mol. The van der Waals surface area contributed by atoms with Gasteiger partial charge in [0.15, 0.2) is 0 Å². The molecule has 0 aliphatic rings. The van der Waals surface area contributed by atoms with E-state index >= 15 is 0 Å². The molecule has 4 nitrogen and oxygen atoms in total. The molecule has 0 aromatic heterocycles. The highest BCUT2D eigenvalue weighted by molar-refractivity contribution is 7.45. The Morgan fingerprint density at radius 1 is 0.520 bits per heavy atom. The van der Waals surface area contributed by atoms with Crippen LogP contribution in [0.1, 0.15) is 0 Å². The predicted molar refractivity (Wildman–Crippen MR) is 101 cm³/mol. The van der Waals surface area contributed by atoms with Crippen LogP contribution < -0.4 is 0 Å². The fraction of sp³-hybridized carbons (Fsp3) is 0. The Bertz CT molecular complexity index is 984. The van der Waals surface area contributed by atoms with Gasteiger partial charge in [-0.1, -0.05) is 72.8 Å². The zero-order valence-electron chi connectivity index (χ0n) is 13.3. The summed E-state index contributed by atoms with van der Waals surface area (Å²) in [7, 11) is -4.64.